The van der Waals surface area contributed by atoms with Crippen molar-refractivity contribution in [2.24, 2.45) is 0 Å². The van der Waals surface area contributed by atoms with Crippen LogP contribution in [0.3, 0.4) is 0 Å². The molecule has 0 saturated carbocycles. The molecule has 0 aliphatic carbocycles. The first-order valence-electron chi connectivity index (χ1n) is 4.92. The van der Waals surface area contributed by atoms with Gasteiger partial charge in [-0.3, -0.25) is 0 Å². The fraction of sp³-hybridized carbons (Fsp3) is 0.154. The van der Waals surface area contributed by atoms with Crippen LogP contribution >= 0.6 is 0 Å². The standard InChI is InChI=1S/C13H10N2O2/c1-10(8-14)13(16)17-7-6-11-2-4-12(9-15)5-3-11/h2-5H,1,6-7H2. The number of benzene rings is 1. The Hall–Kier alpha value is -2.59. The molecule has 0 bridgehead atoms. The Morgan fingerprint density at radius 3 is 2.47 bits per heavy atom. The van der Waals surface area contributed by atoms with Crippen LogP contribution in [0.4, 0.5) is 0 Å². The highest BCUT2D eigenvalue weighted by molar-refractivity contribution is 5.91. The molecule has 0 unspecified atom stereocenters. The van der Waals surface area contributed by atoms with E-state index < -0.39 is 5.97 Å². The molecule has 1 aromatic rings. The Balaban J connectivity index is 2.42. The summed E-state index contributed by atoms with van der Waals surface area (Å²) >= 11 is 0. The second kappa shape index (κ2) is 6.09. The van der Waals surface area contributed by atoms with Gasteiger partial charge in [0.15, 0.2) is 0 Å². The Morgan fingerprint density at radius 2 is 1.94 bits per heavy atom. The van der Waals surface area contributed by atoms with E-state index in [-0.39, 0.29) is 12.2 Å². The van der Waals surface area contributed by atoms with E-state index in [2.05, 4.69) is 6.58 Å². The minimum absolute atomic E-state index is 0.186. The summed E-state index contributed by atoms with van der Waals surface area (Å²) in [6, 6.07) is 10.6. The van der Waals surface area contributed by atoms with Crippen LogP contribution < -0.4 is 0 Å². The lowest BCUT2D eigenvalue weighted by Gasteiger charge is -2.03. The van der Waals surface area contributed by atoms with E-state index in [1.807, 2.05) is 6.07 Å². The van der Waals surface area contributed by atoms with E-state index in [0.29, 0.717) is 12.0 Å². The SMILES string of the molecule is C=C(C#N)C(=O)OCCc1ccc(C#N)cc1. The number of nitriles is 2. The third kappa shape index (κ3) is 3.81. The molecule has 1 aromatic carbocycles. The van der Waals surface area contributed by atoms with Crippen LogP contribution in [0.25, 0.3) is 0 Å². The topological polar surface area (TPSA) is 73.9 Å². The highest BCUT2D eigenvalue weighted by Gasteiger charge is 2.06. The fourth-order valence-electron chi connectivity index (χ4n) is 1.14. The average Bonchev–Trinajstić information content (AvgIpc) is 2.38. The fourth-order valence-corrected chi connectivity index (χ4v) is 1.14. The van der Waals surface area contributed by atoms with E-state index in [4.69, 9.17) is 15.3 Å². The molecule has 4 heteroatoms. The normalized spacial score (nSPS) is 8.82. The summed E-state index contributed by atoms with van der Waals surface area (Å²) in [7, 11) is 0. The lowest BCUT2D eigenvalue weighted by molar-refractivity contribution is -0.138. The minimum atomic E-state index is -0.693. The van der Waals surface area contributed by atoms with Gasteiger partial charge in [0.2, 0.25) is 0 Å². The molecular formula is C13H10N2O2. The van der Waals surface area contributed by atoms with E-state index in [1.54, 1.807) is 30.3 Å². The van der Waals surface area contributed by atoms with Gasteiger partial charge in [-0.05, 0) is 17.7 Å². The van der Waals surface area contributed by atoms with Gasteiger partial charge < -0.3 is 4.74 Å². The summed E-state index contributed by atoms with van der Waals surface area (Å²) < 4.78 is 4.83. The number of ether oxygens (including phenoxy) is 1. The Labute approximate surface area is 99.4 Å². The molecule has 0 aliphatic heterocycles. The zero-order valence-corrected chi connectivity index (χ0v) is 9.14. The molecule has 0 saturated heterocycles. The first kappa shape index (κ1) is 12.5. The summed E-state index contributed by atoms with van der Waals surface area (Å²) in [4.78, 5) is 11.1. The largest absolute Gasteiger partial charge is 0.461 e. The second-order valence-electron chi connectivity index (χ2n) is 3.29. The lowest BCUT2D eigenvalue weighted by atomic mass is 10.1. The molecule has 0 aromatic heterocycles. The van der Waals surface area contributed by atoms with Crippen molar-refractivity contribution in [1.29, 1.82) is 10.5 Å². The zero-order chi connectivity index (χ0) is 12.7. The van der Waals surface area contributed by atoms with Crippen LogP contribution in [-0.4, -0.2) is 12.6 Å². The predicted octanol–water partition coefficient (Wildman–Crippen LogP) is 1.72. The van der Waals surface area contributed by atoms with Crippen molar-refractivity contribution >= 4 is 5.97 Å². The maximum Gasteiger partial charge on any atom is 0.348 e. The number of nitrogens with zero attached hydrogens (tertiary/aromatic N) is 2. The van der Waals surface area contributed by atoms with Crippen LogP contribution in [0.5, 0.6) is 0 Å². The molecule has 0 radical (unpaired) electrons. The molecule has 1 rings (SSSR count). The van der Waals surface area contributed by atoms with Gasteiger partial charge in [0.25, 0.3) is 0 Å². The van der Waals surface area contributed by atoms with Crippen LogP contribution in [0.2, 0.25) is 0 Å². The summed E-state index contributed by atoms with van der Waals surface area (Å²) in [5.41, 5.74) is 1.34. The van der Waals surface area contributed by atoms with Crippen LogP contribution in [-0.2, 0) is 16.0 Å². The van der Waals surface area contributed by atoms with Gasteiger partial charge in [-0.2, -0.15) is 10.5 Å². The molecule has 17 heavy (non-hydrogen) atoms. The van der Waals surface area contributed by atoms with Crippen molar-refractivity contribution in [3.8, 4) is 12.1 Å². The first-order chi connectivity index (χ1) is 8.17. The molecule has 0 heterocycles. The quantitative estimate of drug-likeness (QED) is 0.445. The molecule has 0 spiro atoms. The van der Waals surface area contributed by atoms with E-state index >= 15 is 0 Å². The number of hydrogen-bond acceptors (Lipinski definition) is 4. The van der Waals surface area contributed by atoms with Crippen molar-refractivity contribution in [2.75, 3.05) is 6.61 Å². The Kier molecular flexibility index (Phi) is 4.47. The van der Waals surface area contributed by atoms with Crippen LogP contribution in [0.15, 0.2) is 36.4 Å². The second-order valence-corrected chi connectivity index (χ2v) is 3.29. The summed E-state index contributed by atoms with van der Waals surface area (Å²) in [6.07, 6.45) is 0.538. The van der Waals surface area contributed by atoms with Gasteiger partial charge in [-0.25, -0.2) is 4.79 Å². The Morgan fingerprint density at radius 1 is 1.29 bits per heavy atom. The minimum Gasteiger partial charge on any atom is -0.461 e. The number of hydrogen-bond donors (Lipinski definition) is 0. The molecule has 0 amide bonds. The van der Waals surface area contributed by atoms with E-state index in [0.717, 1.165) is 5.56 Å². The van der Waals surface area contributed by atoms with Gasteiger partial charge in [-0.1, -0.05) is 18.7 Å². The van der Waals surface area contributed by atoms with Crippen LogP contribution in [0, 0.1) is 22.7 Å². The van der Waals surface area contributed by atoms with Gasteiger partial charge in [0.05, 0.1) is 18.2 Å². The van der Waals surface area contributed by atoms with Gasteiger partial charge in [0, 0.05) is 6.42 Å². The molecule has 0 fully saturated rings. The van der Waals surface area contributed by atoms with Gasteiger partial charge >= 0.3 is 5.97 Å². The molecular weight excluding hydrogens is 216 g/mol. The first-order valence-corrected chi connectivity index (χ1v) is 4.92. The van der Waals surface area contributed by atoms with Gasteiger partial charge in [-0.15, -0.1) is 0 Å². The molecule has 4 nitrogen and oxygen atoms in total. The number of carbonyl (C=O) groups excluding carboxylic acids is 1. The monoisotopic (exact) mass is 226 g/mol. The lowest BCUT2D eigenvalue weighted by Crippen LogP contribution is -2.08. The predicted molar refractivity (Wildman–Crippen MR) is 60.6 cm³/mol. The Bertz CT molecular complexity index is 504. The van der Waals surface area contributed by atoms with Crippen molar-refractivity contribution in [1.82, 2.24) is 0 Å². The number of esters is 1. The average molecular weight is 226 g/mol. The third-order valence-corrected chi connectivity index (χ3v) is 2.09. The maximum absolute atomic E-state index is 11.1. The van der Waals surface area contributed by atoms with E-state index in [1.165, 1.54) is 0 Å². The summed E-state index contributed by atoms with van der Waals surface area (Å²) in [5.74, 6) is -0.693. The van der Waals surface area contributed by atoms with Crippen molar-refractivity contribution in [3.05, 3.63) is 47.5 Å². The molecule has 84 valence electrons. The number of carbonyl (C=O) groups is 1. The summed E-state index contributed by atoms with van der Waals surface area (Å²) in [5, 5.41) is 17.0. The number of rotatable bonds is 4. The van der Waals surface area contributed by atoms with Crippen LogP contribution in [0.1, 0.15) is 11.1 Å². The van der Waals surface area contributed by atoms with Crippen molar-refractivity contribution in [3.63, 3.8) is 0 Å². The highest BCUT2D eigenvalue weighted by atomic mass is 16.5. The highest BCUT2D eigenvalue weighted by Crippen LogP contribution is 2.04. The third-order valence-electron chi connectivity index (χ3n) is 2.09. The molecule has 0 atom stereocenters. The zero-order valence-electron chi connectivity index (χ0n) is 9.14. The van der Waals surface area contributed by atoms with E-state index in [9.17, 15) is 4.79 Å². The molecule has 0 aliphatic rings. The van der Waals surface area contributed by atoms with Crippen molar-refractivity contribution in [2.45, 2.75) is 6.42 Å². The van der Waals surface area contributed by atoms with Crippen molar-refractivity contribution < 1.29 is 9.53 Å². The smallest absolute Gasteiger partial charge is 0.348 e. The van der Waals surface area contributed by atoms with Gasteiger partial charge in [0.1, 0.15) is 11.6 Å². The maximum atomic E-state index is 11.1. The molecule has 0 N–H and O–H groups in total. The summed E-state index contributed by atoms with van der Waals surface area (Å²) in [6.45, 7) is 3.44.